The molecule has 2 aromatic rings. The third kappa shape index (κ3) is 5.95. The molecule has 2 amide bonds. The number of nitrogens with zero attached hydrogens (tertiary/aromatic N) is 1. The number of anilines is 1. The van der Waals surface area contributed by atoms with E-state index in [0.29, 0.717) is 12.8 Å². The minimum absolute atomic E-state index is 0.0370. The molecule has 0 aliphatic heterocycles. The summed E-state index contributed by atoms with van der Waals surface area (Å²) in [4.78, 5) is 25.7. The lowest BCUT2D eigenvalue weighted by Gasteiger charge is -2.17. The molecule has 0 aliphatic rings. The highest BCUT2D eigenvalue weighted by atomic mass is 16.5. The van der Waals surface area contributed by atoms with Gasteiger partial charge in [0.15, 0.2) is 0 Å². The van der Waals surface area contributed by atoms with Crippen LogP contribution in [0.4, 0.5) is 5.69 Å². The number of rotatable bonds is 7. The van der Waals surface area contributed by atoms with E-state index in [-0.39, 0.29) is 18.4 Å². The summed E-state index contributed by atoms with van der Waals surface area (Å²) in [5.41, 5.74) is 2.92. The Labute approximate surface area is 148 Å². The summed E-state index contributed by atoms with van der Waals surface area (Å²) in [6.07, 6.45) is 0.993. The van der Waals surface area contributed by atoms with Crippen LogP contribution < -0.4 is 10.1 Å². The number of nitrogens with one attached hydrogen (secondary N) is 1. The second-order valence-electron chi connectivity index (χ2n) is 6.01. The van der Waals surface area contributed by atoms with Crippen LogP contribution in [0.3, 0.4) is 0 Å². The molecule has 2 rings (SSSR count). The molecule has 0 spiro atoms. The maximum atomic E-state index is 12.2. The summed E-state index contributed by atoms with van der Waals surface area (Å²) in [6.45, 7) is 2.02. The summed E-state index contributed by atoms with van der Waals surface area (Å²) in [7, 11) is 3.26. The first-order valence-corrected chi connectivity index (χ1v) is 8.21. The Morgan fingerprint density at radius 3 is 2.28 bits per heavy atom. The molecule has 0 saturated carbocycles. The highest BCUT2D eigenvalue weighted by molar-refractivity contribution is 5.94. The third-order valence-corrected chi connectivity index (χ3v) is 3.93. The number of hydrogen-bond donors (Lipinski definition) is 1. The largest absolute Gasteiger partial charge is 0.497 e. The first kappa shape index (κ1) is 18.5. The van der Waals surface area contributed by atoms with E-state index >= 15 is 0 Å². The van der Waals surface area contributed by atoms with Gasteiger partial charge in [0.25, 0.3) is 0 Å². The standard InChI is InChI=1S/C20H24N2O3/c1-15-4-9-17(10-5-15)21-19(23)14-22(2)20(24)13-8-16-6-11-18(25-3)12-7-16/h4-7,9-12H,8,13-14H2,1-3H3,(H,21,23). The smallest absolute Gasteiger partial charge is 0.243 e. The fraction of sp³-hybridized carbons (Fsp3) is 0.300. The van der Waals surface area contributed by atoms with Crippen molar-refractivity contribution in [2.75, 3.05) is 26.0 Å². The van der Waals surface area contributed by atoms with Crippen LogP contribution in [0, 0.1) is 6.92 Å². The lowest BCUT2D eigenvalue weighted by Crippen LogP contribution is -2.35. The van der Waals surface area contributed by atoms with Crippen molar-refractivity contribution in [2.45, 2.75) is 19.8 Å². The van der Waals surface area contributed by atoms with Crippen molar-refractivity contribution in [1.29, 1.82) is 0 Å². The van der Waals surface area contributed by atoms with Crippen LogP contribution in [0.25, 0.3) is 0 Å². The summed E-state index contributed by atoms with van der Waals surface area (Å²) in [5.74, 6) is 0.527. The Hall–Kier alpha value is -2.82. The number of carbonyl (C=O) groups is 2. The zero-order chi connectivity index (χ0) is 18.2. The maximum absolute atomic E-state index is 12.2. The number of ether oxygens (including phenoxy) is 1. The Morgan fingerprint density at radius 1 is 1.04 bits per heavy atom. The van der Waals surface area contributed by atoms with Crippen LogP contribution in [0.1, 0.15) is 17.5 Å². The highest BCUT2D eigenvalue weighted by Crippen LogP contribution is 2.13. The van der Waals surface area contributed by atoms with Gasteiger partial charge in [-0.05, 0) is 43.2 Å². The molecule has 5 heteroatoms. The Bertz CT molecular complexity index is 709. The SMILES string of the molecule is COc1ccc(CCC(=O)N(C)CC(=O)Nc2ccc(C)cc2)cc1. The van der Waals surface area contributed by atoms with Gasteiger partial charge in [-0.2, -0.15) is 0 Å². The molecule has 0 aromatic heterocycles. The van der Waals surface area contributed by atoms with E-state index in [1.54, 1.807) is 14.2 Å². The third-order valence-electron chi connectivity index (χ3n) is 3.93. The number of amides is 2. The number of aryl methyl sites for hydroxylation is 2. The molecule has 0 saturated heterocycles. The van der Waals surface area contributed by atoms with Crippen LogP contribution in [-0.4, -0.2) is 37.4 Å². The van der Waals surface area contributed by atoms with E-state index in [9.17, 15) is 9.59 Å². The molecule has 0 atom stereocenters. The van der Waals surface area contributed by atoms with Crippen LogP contribution >= 0.6 is 0 Å². The van der Waals surface area contributed by atoms with E-state index in [4.69, 9.17) is 4.74 Å². The van der Waals surface area contributed by atoms with Gasteiger partial charge < -0.3 is 15.0 Å². The Kier molecular flexibility index (Phi) is 6.57. The first-order chi connectivity index (χ1) is 12.0. The van der Waals surface area contributed by atoms with Gasteiger partial charge in [0, 0.05) is 19.2 Å². The Morgan fingerprint density at radius 2 is 1.68 bits per heavy atom. The van der Waals surface area contributed by atoms with Gasteiger partial charge in [0.2, 0.25) is 11.8 Å². The van der Waals surface area contributed by atoms with E-state index < -0.39 is 0 Å². The van der Waals surface area contributed by atoms with Crippen LogP contribution in [0.2, 0.25) is 0 Å². The van der Waals surface area contributed by atoms with Crippen molar-refractivity contribution < 1.29 is 14.3 Å². The molecule has 0 heterocycles. The van der Waals surface area contributed by atoms with Gasteiger partial charge >= 0.3 is 0 Å². The van der Waals surface area contributed by atoms with Crippen LogP contribution in [-0.2, 0) is 16.0 Å². The molecule has 25 heavy (non-hydrogen) atoms. The molecule has 0 bridgehead atoms. The van der Waals surface area contributed by atoms with E-state index in [0.717, 1.165) is 22.6 Å². The predicted molar refractivity (Wildman–Crippen MR) is 98.8 cm³/mol. The zero-order valence-corrected chi connectivity index (χ0v) is 14.9. The van der Waals surface area contributed by atoms with Crippen molar-refractivity contribution in [1.82, 2.24) is 4.90 Å². The van der Waals surface area contributed by atoms with Crippen molar-refractivity contribution in [3.8, 4) is 5.75 Å². The molecule has 2 aromatic carbocycles. The average molecular weight is 340 g/mol. The minimum atomic E-state index is -0.204. The fourth-order valence-corrected chi connectivity index (χ4v) is 2.38. The maximum Gasteiger partial charge on any atom is 0.243 e. The van der Waals surface area contributed by atoms with E-state index in [1.807, 2.05) is 55.5 Å². The summed E-state index contributed by atoms with van der Waals surface area (Å²) < 4.78 is 5.11. The fourth-order valence-electron chi connectivity index (χ4n) is 2.38. The summed E-state index contributed by atoms with van der Waals surface area (Å²) in [6, 6.07) is 15.2. The number of hydrogen-bond acceptors (Lipinski definition) is 3. The number of methoxy groups -OCH3 is 1. The molecule has 0 radical (unpaired) electrons. The van der Waals surface area contributed by atoms with Crippen molar-refractivity contribution in [2.24, 2.45) is 0 Å². The summed E-state index contributed by atoms with van der Waals surface area (Å²) >= 11 is 0. The molecular weight excluding hydrogens is 316 g/mol. The van der Waals surface area contributed by atoms with Crippen molar-refractivity contribution >= 4 is 17.5 Å². The predicted octanol–water partition coefficient (Wildman–Crippen LogP) is 3.03. The van der Waals surface area contributed by atoms with Gasteiger partial charge in [-0.25, -0.2) is 0 Å². The van der Waals surface area contributed by atoms with Crippen LogP contribution in [0.5, 0.6) is 5.75 Å². The molecule has 5 nitrogen and oxygen atoms in total. The highest BCUT2D eigenvalue weighted by Gasteiger charge is 2.13. The second-order valence-corrected chi connectivity index (χ2v) is 6.01. The Balaban J connectivity index is 1.78. The van der Waals surface area contributed by atoms with Gasteiger partial charge in [0.1, 0.15) is 5.75 Å². The molecule has 0 fully saturated rings. The monoisotopic (exact) mass is 340 g/mol. The van der Waals surface area contributed by atoms with Gasteiger partial charge in [-0.15, -0.1) is 0 Å². The normalized spacial score (nSPS) is 10.2. The molecule has 0 unspecified atom stereocenters. The van der Waals surface area contributed by atoms with E-state index in [2.05, 4.69) is 5.32 Å². The quantitative estimate of drug-likeness (QED) is 0.843. The van der Waals surface area contributed by atoms with Crippen molar-refractivity contribution in [3.05, 3.63) is 59.7 Å². The van der Waals surface area contributed by atoms with Crippen molar-refractivity contribution in [3.63, 3.8) is 0 Å². The molecule has 0 aliphatic carbocycles. The van der Waals surface area contributed by atoms with Gasteiger partial charge in [0.05, 0.1) is 13.7 Å². The summed E-state index contributed by atoms with van der Waals surface area (Å²) in [5, 5.41) is 2.79. The minimum Gasteiger partial charge on any atom is -0.497 e. The number of likely N-dealkylation sites (N-methyl/N-ethyl adjacent to an activating group) is 1. The van der Waals surface area contributed by atoms with Gasteiger partial charge in [-0.1, -0.05) is 29.8 Å². The number of benzene rings is 2. The average Bonchev–Trinajstić information content (AvgIpc) is 2.62. The first-order valence-electron chi connectivity index (χ1n) is 8.21. The number of carbonyl (C=O) groups excluding carboxylic acids is 2. The second kappa shape index (κ2) is 8.87. The lowest BCUT2D eigenvalue weighted by atomic mass is 10.1. The topological polar surface area (TPSA) is 58.6 Å². The van der Waals surface area contributed by atoms with E-state index in [1.165, 1.54) is 4.90 Å². The van der Waals surface area contributed by atoms with Gasteiger partial charge in [-0.3, -0.25) is 9.59 Å². The zero-order valence-electron chi connectivity index (χ0n) is 14.9. The molecule has 132 valence electrons. The van der Waals surface area contributed by atoms with Crippen LogP contribution in [0.15, 0.2) is 48.5 Å². The molecular formula is C20H24N2O3. The molecule has 1 N–H and O–H groups in total. The lowest BCUT2D eigenvalue weighted by molar-refractivity contribution is -0.133.